The molecule has 4 aromatic rings. The van der Waals surface area contributed by atoms with E-state index in [9.17, 15) is 0 Å². The van der Waals surface area contributed by atoms with Crippen molar-refractivity contribution in [2.75, 3.05) is 5.33 Å². The van der Waals surface area contributed by atoms with E-state index in [0.717, 1.165) is 11.8 Å². The fraction of sp³-hybridized carbons (Fsp3) is 0.143. The Kier molecular flexibility index (Phi) is 6.55. The molecule has 0 aromatic heterocycles. The van der Waals surface area contributed by atoms with E-state index in [2.05, 4.69) is 142 Å². The summed E-state index contributed by atoms with van der Waals surface area (Å²) in [5, 5.41) is 0.935. The van der Waals surface area contributed by atoms with Gasteiger partial charge in [-0.2, -0.15) is 0 Å². The molecule has 0 fully saturated rings. The van der Waals surface area contributed by atoms with Gasteiger partial charge in [0, 0.05) is 9.80 Å². The highest BCUT2D eigenvalue weighted by Gasteiger charge is 2.39. The zero-order chi connectivity index (χ0) is 21.0. The largest absolute Gasteiger partial charge is 0.0924 e. The summed E-state index contributed by atoms with van der Waals surface area (Å²) in [5.41, 5.74) is 7.45. The van der Waals surface area contributed by atoms with Gasteiger partial charge in [0.15, 0.2) is 0 Å². The number of halogens is 2. The van der Waals surface area contributed by atoms with Gasteiger partial charge in [-0.3, -0.25) is 0 Å². The van der Waals surface area contributed by atoms with Crippen molar-refractivity contribution in [2.24, 2.45) is 0 Å². The molecular weight excluding hydrogens is 496 g/mol. The summed E-state index contributed by atoms with van der Waals surface area (Å²) in [6.45, 7) is 2.27. The first kappa shape index (κ1) is 21.1. The Morgan fingerprint density at radius 2 is 1.07 bits per heavy atom. The van der Waals surface area contributed by atoms with Gasteiger partial charge in [-0.15, -0.1) is 0 Å². The first-order valence-electron chi connectivity index (χ1n) is 10.2. The van der Waals surface area contributed by atoms with Crippen LogP contribution in [0.3, 0.4) is 0 Å². The van der Waals surface area contributed by atoms with E-state index in [-0.39, 0.29) is 0 Å². The highest BCUT2D eigenvalue weighted by molar-refractivity contribution is 9.10. The first-order chi connectivity index (χ1) is 14.7. The molecule has 4 aromatic carbocycles. The molecule has 150 valence electrons. The van der Waals surface area contributed by atoms with E-state index in [1.165, 1.54) is 37.9 Å². The Balaban J connectivity index is 2.16. The molecule has 2 heteroatoms. The monoisotopic (exact) mass is 518 g/mol. The van der Waals surface area contributed by atoms with Gasteiger partial charge < -0.3 is 0 Å². The summed E-state index contributed by atoms with van der Waals surface area (Å²) in [6, 6.07) is 37.2. The van der Waals surface area contributed by atoms with Gasteiger partial charge in [0.2, 0.25) is 0 Å². The molecule has 0 nitrogen and oxygen atoms in total. The minimum absolute atomic E-state index is 0.393. The van der Waals surface area contributed by atoms with Crippen LogP contribution in [0.1, 0.15) is 33.4 Å². The topological polar surface area (TPSA) is 0 Å². The maximum absolute atomic E-state index is 3.80. The number of hydrogen-bond donors (Lipinski definition) is 0. The number of hydrogen-bond acceptors (Lipinski definition) is 0. The van der Waals surface area contributed by atoms with Gasteiger partial charge in [0.05, 0.1) is 5.41 Å². The second-order valence-electron chi connectivity index (χ2n) is 7.49. The van der Waals surface area contributed by atoms with Crippen LogP contribution in [0.2, 0.25) is 0 Å². The molecule has 0 aliphatic carbocycles. The van der Waals surface area contributed by atoms with Crippen LogP contribution >= 0.6 is 31.9 Å². The average molecular weight is 520 g/mol. The van der Waals surface area contributed by atoms with Crippen molar-refractivity contribution in [1.29, 1.82) is 0 Å². The molecule has 0 radical (unpaired) electrons. The van der Waals surface area contributed by atoms with Crippen LogP contribution < -0.4 is 0 Å². The van der Waals surface area contributed by atoms with Crippen LogP contribution in [-0.4, -0.2) is 5.33 Å². The predicted octanol–water partition coefficient (Wildman–Crippen LogP) is 8.08. The quantitative estimate of drug-likeness (QED) is 0.178. The van der Waals surface area contributed by atoms with E-state index >= 15 is 0 Å². The lowest BCUT2D eigenvalue weighted by molar-refractivity contribution is 0.735. The van der Waals surface area contributed by atoms with Crippen molar-refractivity contribution in [2.45, 2.75) is 18.8 Å². The maximum atomic E-state index is 3.80. The van der Waals surface area contributed by atoms with Gasteiger partial charge in [0.25, 0.3) is 0 Å². The van der Waals surface area contributed by atoms with Gasteiger partial charge >= 0.3 is 0 Å². The summed E-state index contributed by atoms with van der Waals surface area (Å²) in [6.07, 6.45) is 0.981. The van der Waals surface area contributed by atoms with Gasteiger partial charge in [-0.25, -0.2) is 0 Å². The fourth-order valence-corrected chi connectivity index (χ4v) is 5.59. The Bertz CT molecular complexity index is 1010. The predicted molar refractivity (Wildman–Crippen MR) is 135 cm³/mol. The molecule has 0 bridgehead atoms. The average Bonchev–Trinajstić information content (AvgIpc) is 2.80. The standard InChI is InChI=1S/C28H24Br2/c1-21-25(19-20-29)27(30)18-17-26(21)28(22-11-5-2-6-12-22,23-13-7-3-8-14-23)24-15-9-4-10-16-24/h2-18H,19-20H2,1H3. The lowest BCUT2D eigenvalue weighted by Gasteiger charge is -2.38. The Labute approximate surface area is 196 Å². The molecule has 0 amide bonds. The molecule has 30 heavy (non-hydrogen) atoms. The van der Waals surface area contributed by atoms with E-state index in [1.807, 2.05) is 0 Å². The zero-order valence-corrected chi connectivity index (χ0v) is 20.2. The molecule has 0 saturated carbocycles. The van der Waals surface area contributed by atoms with Crippen molar-refractivity contribution >= 4 is 31.9 Å². The third kappa shape index (κ3) is 3.68. The maximum Gasteiger partial charge on any atom is 0.0704 e. The normalized spacial score (nSPS) is 11.4. The highest BCUT2D eigenvalue weighted by Crippen LogP contribution is 2.47. The molecule has 0 heterocycles. The summed E-state index contributed by atoms with van der Waals surface area (Å²) in [7, 11) is 0. The van der Waals surface area contributed by atoms with Crippen molar-refractivity contribution in [3.05, 3.63) is 141 Å². The van der Waals surface area contributed by atoms with Crippen LogP contribution in [0.15, 0.2) is 108 Å². The van der Waals surface area contributed by atoms with Crippen LogP contribution in [0.4, 0.5) is 0 Å². The minimum Gasteiger partial charge on any atom is -0.0924 e. The molecule has 0 spiro atoms. The second-order valence-corrected chi connectivity index (χ2v) is 9.13. The van der Waals surface area contributed by atoms with Crippen LogP contribution in [0.25, 0.3) is 0 Å². The van der Waals surface area contributed by atoms with Gasteiger partial charge in [-0.1, -0.05) is 129 Å². The molecule has 0 atom stereocenters. The SMILES string of the molecule is Cc1c(C(c2ccccc2)(c2ccccc2)c2ccccc2)ccc(Br)c1CCBr. The van der Waals surface area contributed by atoms with E-state index in [4.69, 9.17) is 0 Å². The van der Waals surface area contributed by atoms with Crippen LogP contribution in [-0.2, 0) is 11.8 Å². The Morgan fingerprint density at radius 1 is 0.633 bits per heavy atom. The Morgan fingerprint density at radius 3 is 1.47 bits per heavy atom. The molecule has 0 unspecified atom stereocenters. The van der Waals surface area contributed by atoms with Crippen molar-refractivity contribution < 1.29 is 0 Å². The minimum atomic E-state index is -0.393. The molecule has 0 aliphatic rings. The van der Waals surface area contributed by atoms with Gasteiger partial charge in [-0.05, 0) is 52.8 Å². The lowest BCUT2D eigenvalue weighted by Crippen LogP contribution is -2.32. The van der Waals surface area contributed by atoms with Crippen LogP contribution in [0, 0.1) is 6.92 Å². The summed E-state index contributed by atoms with van der Waals surface area (Å²) >= 11 is 7.44. The third-order valence-electron chi connectivity index (χ3n) is 5.91. The molecule has 0 saturated heterocycles. The van der Waals surface area contributed by atoms with Crippen molar-refractivity contribution in [1.82, 2.24) is 0 Å². The molecule has 4 rings (SSSR count). The van der Waals surface area contributed by atoms with Crippen molar-refractivity contribution in [3.8, 4) is 0 Å². The molecule has 0 N–H and O–H groups in total. The fourth-order valence-electron chi connectivity index (χ4n) is 4.56. The van der Waals surface area contributed by atoms with Crippen LogP contribution in [0.5, 0.6) is 0 Å². The molecular formula is C28H24Br2. The smallest absolute Gasteiger partial charge is 0.0704 e. The second kappa shape index (κ2) is 9.32. The summed E-state index contributed by atoms with van der Waals surface area (Å²) in [5.74, 6) is 0. The Hall–Kier alpha value is -2.16. The van der Waals surface area contributed by atoms with E-state index in [1.54, 1.807) is 0 Å². The number of rotatable bonds is 6. The third-order valence-corrected chi connectivity index (χ3v) is 7.05. The number of alkyl halides is 1. The van der Waals surface area contributed by atoms with Crippen molar-refractivity contribution in [3.63, 3.8) is 0 Å². The summed E-state index contributed by atoms with van der Waals surface area (Å²) < 4.78 is 1.17. The lowest BCUT2D eigenvalue weighted by atomic mass is 9.63. The van der Waals surface area contributed by atoms with E-state index < -0.39 is 5.41 Å². The molecule has 0 aliphatic heterocycles. The zero-order valence-electron chi connectivity index (χ0n) is 17.0. The first-order valence-corrected chi connectivity index (χ1v) is 12.1. The van der Waals surface area contributed by atoms with E-state index in [0.29, 0.717) is 0 Å². The highest BCUT2D eigenvalue weighted by atomic mass is 79.9. The summed E-state index contributed by atoms with van der Waals surface area (Å²) in [4.78, 5) is 0. The van der Waals surface area contributed by atoms with Gasteiger partial charge in [0.1, 0.15) is 0 Å². The number of benzene rings is 4.